The third-order valence-corrected chi connectivity index (χ3v) is 7.47. The zero-order valence-electron chi connectivity index (χ0n) is 7.82. The fourth-order valence-corrected chi connectivity index (χ4v) is 7.49. The fraction of sp³-hybridized carbons (Fsp3) is 0.625. The molecule has 1 aromatic rings. The van der Waals surface area contributed by atoms with Crippen LogP contribution in [0.25, 0.3) is 0 Å². The van der Waals surface area contributed by atoms with Gasteiger partial charge in [-0.05, 0) is 7.05 Å². The first-order valence-electron chi connectivity index (χ1n) is 4.34. The molecule has 0 amide bonds. The van der Waals surface area contributed by atoms with E-state index in [0.29, 0.717) is 0 Å². The van der Waals surface area contributed by atoms with Crippen molar-refractivity contribution in [1.29, 1.82) is 0 Å². The number of nitrogens with zero attached hydrogens (tertiary/aromatic N) is 1. The summed E-state index contributed by atoms with van der Waals surface area (Å²) >= 11 is 12.7. The predicted molar refractivity (Wildman–Crippen MR) is 72.0 cm³/mol. The van der Waals surface area contributed by atoms with Gasteiger partial charge in [-0.2, -0.15) is 0 Å². The minimum Gasteiger partial charge on any atom is -0.305 e. The molecule has 2 rings (SSSR count). The zero-order chi connectivity index (χ0) is 9.97. The van der Waals surface area contributed by atoms with E-state index in [4.69, 9.17) is 12.2 Å². The summed E-state index contributed by atoms with van der Waals surface area (Å²) in [5, 5.41) is 0. The van der Waals surface area contributed by atoms with Crippen molar-refractivity contribution in [2.45, 2.75) is 8.42 Å². The highest BCUT2D eigenvalue weighted by Gasteiger charge is 2.11. The van der Waals surface area contributed by atoms with Crippen LogP contribution in [0.15, 0.2) is 8.42 Å². The highest BCUT2D eigenvalue weighted by molar-refractivity contribution is 8.05. The van der Waals surface area contributed by atoms with Crippen LogP contribution >= 0.6 is 58.4 Å². The summed E-state index contributed by atoms with van der Waals surface area (Å²) in [7, 11) is 2.20. The van der Waals surface area contributed by atoms with Crippen LogP contribution in [0.2, 0.25) is 0 Å². The maximum atomic E-state index is 5.23. The van der Waals surface area contributed by atoms with Crippen molar-refractivity contribution in [3.8, 4) is 0 Å². The molecule has 0 saturated heterocycles. The van der Waals surface area contributed by atoms with Crippen molar-refractivity contribution in [2.24, 2.45) is 0 Å². The van der Waals surface area contributed by atoms with Gasteiger partial charge >= 0.3 is 0 Å². The van der Waals surface area contributed by atoms with E-state index in [2.05, 4.69) is 11.9 Å². The number of thioether (sulfide) groups is 2. The molecule has 1 aromatic heterocycles. The average molecular weight is 282 g/mol. The van der Waals surface area contributed by atoms with E-state index in [1.54, 1.807) is 22.7 Å². The lowest BCUT2D eigenvalue weighted by Crippen LogP contribution is -2.23. The monoisotopic (exact) mass is 281 g/mol. The minimum absolute atomic E-state index is 1.07. The molecule has 0 N–H and O–H groups in total. The number of hydrogen-bond donors (Lipinski definition) is 0. The van der Waals surface area contributed by atoms with E-state index >= 15 is 0 Å². The quantitative estimate of drug-likeness (QED) is 0.667. The molecule has 0 aromatic carbocycles. The van der Waals surface area contributed by atoms with Crippen LogP contribution in [-0.2, 0) is 0 Å². The number of hydrogen-bond acceptors (Lipinski definition) is 6. The lowest BCUT2D eigenvalue weighted by Gasteiger charge is -2.13. The Kier molecular flexibility index (Phi) is 4.34. The summed E-state index contributed by atoms with van der Waals surface area (Å²) in [6.45, 7) is 2.36. The van der Waals surface area contributed by atoms with Crippen LogP contribution in [0.5, 0.6) is 0 Å². The topological polar surface area (TPSA) is 3.24 Å². The molecule has 1 aliphatic heterocycles. The standard InChI is InChI=1S/C8H11NS5/c1-9-2-4-11-6-7(12-5-3-9)14-8(10)13-6/h2-5H2,1H3. The number of rotatable bonds is 0. The second kappa shape index (κ2) is 5.32. The van der Waals surface area contributed by atoms with Crippen molar-refractivity contribution in [1.82, 2.24) is 4.90 Å². The predicted octanol–water partition coefficient (Wildman–Crippen LogP) is 3.67. The SMILES string of the molecule is CN1CCSc2sc(=S)sc2SCC1. The summed E-state index contributed by atoms with van der Waals surface area (Å²) in [5.41, 5.74) is 0. The Hall–Kier alpha value is 0.930. The van der Waals surface area contributed by atoms with Gasteiger partial charge in [0.25, 0.3) is 0 Å². The maximum absolute atomic E-state index is 5.23. The molecular formula is C8H11NS5. The van der Waals surface area contributed by atoms with Crippen LogP contribution in [0.4, 0.5) is 0 Å². The lowest BCUT2D eigenvalue weighted by molar-refractivity contribution is 0.380. The van der Waals surface area contributed by atoms with E-state index in [0.717, 1.165) is 3.14 Å². The van der Waals surface area contributed by atoms with Gasteiger partial charge in [0.15, 0.2) is 0 Å². The Labute approximate surface area is 106 Å². The van der Waals surface area contributed by atoms with Crippen molar-refractivity contribution in [2.75, 3.05) is 31.6 Å². The van der Waals surface area contributed by atoms with Crippen molar-refractivity contribution >= 4 is 58.4 Å². The summed E-state index contributed by atoms with van der Waals surface area (Å²) in [5.74, 6) is 2.37. The molecular weight excluding hydrogens is 270 g/mol. The van der Waals surface area contributed by atoms with Gasteiger partial charge in [0.2, 0.25) is 0 Å². The van der Waals surface area contributed by atoms with Crippen molar-refractivity contribution < 1.29 is 0 Å². The van der Waals surface area contributed by atoms with Crippen LogP contribution < -0.4 is 0 Å². The molecule has 6 heteroatoms. The van der Waals surface area contributed by atoms with Crippen LogP contribution in [-0.4, -0.2) is 36.5 Å². The summed E-state index contributed by atoms with van der Waals surface area (Å²) in [6, 6.07) is 0. The molecule has 0 bridgehead atoms. The van der Waals surface area contributed by atoms with Crippen LogP contribution in [0.1, 0.15) is 0 Å². The van der Waals surface area contributed by atoms with Gasteiger partial charge in [-0.25, -0.2) is 0 Å². The summed E-state index contributed by atoms with van der Waals surface area (Å²) in [6.07, 6.45) is 0. The Morgan fingerprint density at radius 3 is 2.07 bits per heavy atom. The minimum atomic E-state index is 1.07. The highest BCUT2D eigenvalue weighted by Crippen LogP contribution is 2.41. The average Bonchev–Trinajstić information content (AvgIpc) is 2.48. The first kappa shape index (κ1) is 11.4. The van der Waals surface area contributed by atoms with E-state index < -0.39 is 0 Å². The third kappa shape index (κ3) is 2.96. The van der Waals surface area contributed by atoms with Gasteiger partial charge in [0, 0.05) is 24.6 Å². The number of fused-ring (bicyclic) bond motifs is 1. The largest absolute Gasteiger partial charge is 0.305 e. The van der Waals surface area contributed by atoms with E-state index in [-0.39, 0.29) is 0 Å². The van der Waals surface area contributed by atoms with Gasteiger partial charge in [0.05, 0.1) is 8.42 Å². The third-order valence-electron chi connectivity index (χ3n) is 1.93. The molecule has 2 heterocycles. The van der Waals surface area contributed by atoms with Gasteiger partial charge < -0.3 is 4.90 Å². The fourth-order valence-electron chi connectivity index (χ4n) is 1.13. The molecule has 0 saturated carbocycles. The summed E-state index contributed by atoms with van der Waals surface area (Å²) in [4.78, 5) is 2.40. The highest BCUT2D eigenvalue weighted by atomic mass is 32.2. The first-order chi connectivity index (χ1) is 6.75. The first-order valence-corrected chi connectivity index (χ1v) is 8.35. The zero-order valence-corrected chi connectivity index (χ0v) is 11.9. The Morgan fingerprint density at radius 2 is 1.57 bits per heavy atom. The normalized spacial score (nSPS) is 19.5. The Bertz CT molecular complexity index is 324. The van der Waals surface area contributed by atoms with Crippen molar-refractivity contribution in [3.05, 3.63) is 3.14 Å². The van der Waals surface area contributed by atoms with E-state index in [1.165, 1.54) is 33.0 Å². The molecule has 14 heavy (non-hydrogen) atoms. The molecule has 1 aliphatic rings. The summed E-state index contributed by atoms with van der Waals surface area (Å²) < 4.78 is 3.96. The van der Waals surface area contributed by atoms with Gasteiger partial charge in [0.1, 0.15) is 3.14 Å². The lowest BCUT2D eigenvalue weighted by atomic mass is 10.6. The molecule has 0 fully saturated rings. The molecule has 0 unspecified atom stereocenters. The van der Waals surface area contributed by atoms with Crippen LogP contribution in [0.3, 0.4) is 0 Å². The van der Waals surface area contributed by atoms with Gasteiger partial charge in [-0.15, -0.1) is 46.2 Å². The van der Waals surface area contributed by atoms with E-state index in [9.17, 15) is 0 Å². The second-order valence-electron chi connectivity index (χ2n) is 3.03. The van der Waals surface area contributed by atoms with Crippen molar-refractivity contribution in [3.63, 3.8) is 0 Å². The second-order valence-corrected chi connectivity index (χ2v) is 8.98. The molecule has 0 aliphatic carbocycles. The van der Waals surface area contributed by atoms with Crippen LogP contribution in [0, 0.1) is 3.14 Å². The Morgan fingerprint density at radius 1 is 1.07 bits per heavy atom. The maximum Gasteiger partial charge on any atom is 0.145 e. The molecule has 1 nitrogen and oxygen atoms in total. The Balaban J connectivity index is 2.16. The van der Waals surface area contributed by atoms with E-state index in [1.807, 2.05) is 23.5 Å². The van der Waals surface area contributed by atoms with Gasteiger partial charge in [-0.1, -0.05) is 12.2 Å². The molecule has 0 atom stereocenters. The molecule has 78 valence electrons. The smallest absolute Gasteiger partial charge is 0.145 e. The molecule has 0 spiro atoms. The molecule has 0 radical (unpaired) electrons. The van der Waals surface area contributed by atoms with Gasteiger partial charge in [-0.3, -0.25) is 0 Å².